The van der Waals surface area contributed by atoms with Crippen LogP contribution in [-0.2, 0) is 9.84 Å². The normalized spacial score (nSPS) is 15.9. The molecule has 0 amide bonds. The van der Waals surface area contributed by atoms with E-state index in [4.69, 9.17) is 0 Å². The van der Waals surface area contributed by atoms with Gasteiger partial charge in [0.25, 0.3) is 0 Å². The van der Waals surface area contributed by atoms with Crippen LogP contribution in [0.3, 0.4) is 0 Å². The van der Waals surface area contributed by atoms with Crippen LogP contribution in [0.1, 0.15) is 12.0 Å². The molecule has 0 spiro atoms. The van der Waals surface area contributed by atoms with Crippen molar-refractivity contribution in [3.8, 4) is 0 Å². The molecule has 2 aliphatic heterocycles. The lowest BCUT2D eigenvalue weighted by molar-refractivity contribution is 0.393. The maximum Gasteiger partial charge on any atom is 0.226 e. The zero-order valence-corrected chi connectivity index (χ0v) is 17.6. The van der Waals surface area contributed by atoms with Gasteiger partial charge in [0.1, 0.15) is 24.5 Å². The van der Waals surface area contributed by atoms with Crippen LogP contribution in [0.5, 0.6) is 0 Å². The second-order valence-corrected chi connectivity index (χ2v) is 9.28. The Kier molecular flexibility index (Phi) is 4.62. The Morgan fingerprint density at radius 1 is 0.968 bits per heavy atom. The molecule has 2 aromatic carbocycles. The fourth-order valence-electron chi connectivity index (χ4n) is 4.00. The number of hydrogen-bond acceptors (Lipinski definition) is 7. The molecule has 7 nitrogen and oxygen atoms in total. The Balaban J connectivity index is 1.57. The van der Waals surface area contributed by atoms with E-state index in [1.165, 1.54) is 18.5 Å². The van der Waals surface area contributed by atoms with Crippen molar-refractivity contribution in [3.63, 3.8) is 0 Å². The van der Waals surface area contributed by atoms with Gasteiger partial charge >= 0.3 is 0 Å². The van der Waals surface area contributed by atoms with Gasteiger partial charge in [-0.1, -0.05) is 36.4 Å². The van der Waals surface area contributed by atoms with E-state index in [1.54, 1.807) is 0 Å². The van der Waals surface area contributed by atoms with Crippen molar-refractivity contribution >= 4 is 27.0 Å². The van der Waals surface area contributed by atoms with Crippen LogP contribution in [0.4, 0.5) is 15.9 Å². The fourth-order valence-corrected chi connectivity index (χ4v) is 5.41. The van der Waals surface area contributed by atoms with Crippen molar-refractivity contribution in [1.29, 1.82) is 0 Å². The van der Waals surface area contributed by atoms with E-state index >= 15 is 0 Å². The van der Waals surface area contributed by atoms with Gasteiger partial charge < -0.3 is 4.90 Å². The summed E-state index contributed by atoms with van der Waals surface area (Å²) in [5.41, 5.74) is 2.58. The Bertz CT molecular complexity index is 1260. The highest BCUT2D eigenvalue weighted by Gasteiger charge is 2.38. The van der Waals surface area contributed by atoms with Crippen molar-refractivity contribution in [2.75, 3.05) is 30.2 Å². The molecule has 0 unspecified atom stereocenters. The zero-order chi connectivity index (χ0) is 21.6. The van der Waals surface area contributed by atoms with Crippen LogP contribution in [0.25, 0.3) is 5.70 Å². The van der Waals surface area contributed by atoms with Crippen LogP contribution >= 0.6 is 0 Å². The molecular formula is C22H20FN5O2S. The van der Waals surface area contributed by atoms with Gasteiger partial charge in [-0.2, -0.15) is 0 Å². The van der Waals surface area contributed by atoms with Crippen LogP contribution < -0.4 is 9.91 Å². The predicted octanol–water partition coefficient (Wildman–Crippen LogP) is 3.32. The van der Waals surface area contributed by atoms with Gasteiger partial charge in [0.15, 0.2) is 10.8 Å². The first kappa shape index (κ1) is 19.5. The molecule has 2 aliphatic rings. The second-order valence-electron chi connectivity index (χ2n) is 7.41. The van der Waals surface area contributed by atoms with Gasteiger partial charge in [-0.25, -0.2) is 27.8 Å². The summed E-state index contributed by atoms with van der Waals surface area (Å²) in [4.78, 5) is 10.4. The lowest BCUT2D eigenvalue weighted by atomic mass is 10.1. The summed E-state index contributed by atoms with van der Waals surface area (Å²) < 4.78 is 39.9. The first-order valence-corrected chi connectivity index (χ1v) is 11.3. The third-order valence-electron chi connectivity index (χ3n) is 5.44. The number of sulfone groups is 1. The third kappa shape index (κ3) is 3.21. The molecule has 0 bridgehead atoms. The molecule has 158 valence electrons. The van der Waals surface area contributed by atoms with Gasteiger partial charge in [-0.05, 0) is 36.2 Å². The van der Waals surface area contributed by atoms with Gasteiger partial charge in [-0.3, -0.25) is 5.01 Å². The summed E-state index contributed by atoms with van der Waals surface area (Å²) >= 11 is 0. The maximum absolute atomic E-state index is 13.3. The van der Waals surface area contributed by atoms with Crippen LogP contribution in [0.15, 0.2) is 76.9 Å². The fraction of sp³-hybridized carbons (Fsp3) is 0.182. The summed E-state index contributed by atoms with van der Waals surface area (Å²) in [5, 5.41) is 4.02. The first-order valence-electron chi connectivity index (χ1n) is 9.84. The van der Waals surface area contributed by atoms with Crippen molar-refractivity contribution in [3.05, 3.63) is 78.4 Å². The summed E-state index contributed by atoms with van der Waals surface area (Å²) in [5.74, 6) is 0.0336. The molecule has 9 heteroatoms. The smallest absolute Gasteiger partial charge is 0.226 e. The molecule has 0 saturated carbocycles. The largest absolute Gasteiger partial charge is 0.350 e. The minimum absolute atomic E-state index is 0.00677. The van der Waals surface area contributed by atoms with Crippen molar-refractivity contribution < 1.29 is 12.8 Å². The Morgan fingerprint density at radius 2 is 1.71 bits per heavy atom. The van der Waals surface area contributed by atoms with E-state index in [1.807, 2.05) is 35.2 Å². The van der Waals surface area contributed by atoms with Crippen LogP contribution in [-0.4, -0.2) is 43.7 Å². The SMILES string of the molecule is CN1CN(N2CCC=C2c2ccccc2)c2ncnc(S(=O)(=O)c3ccc(F)cc3)c21. The minimum atomic E-state index is -3.95. The number of nitrogens with zero attached hydrogens (tertiary/aromatic N) is 5. The van der Waals surface area contributed by atoms with Crippen molar-refractivity contribution in [2.45, 2.75) is 16.3 Å². The molecule has 3 heterocycles. The van der Waals surface area contributed by atoms with Crippen LogP contribution in [0, 0.1) is 5.82 Å². The average Bonchev–Trinajstić information content (AvgIpc) is 3.39. The summed E-state index contributed by atoms with van der Waals surface area (Å²) in [7, 11) is -2.13. The monoisotopic (exact) mass is 437 g/mol. The predicted molar refractivity (Wildman–Crippen MR) is 115 cm³/mol. The van der Waals surface area contributed by atoms with E-state index < -0.39 is 15.7 Å². The summed E-state index contributed by atoms with van der Waals surface area (Å²) in [6, 6.07) is 14.8. The van der Waals surface area contributed by atoms with E-state index in [0.717, 1.165) is 36.4 Å². The van der Waals surface area contributed by atoms with E-state index in [-0.39, 0.29) is 9.92 Å². The molecule has 0 N–H and O–H groups in total. The van der Waals surface area contributed by atoms with Crippen LogP contribution in [0.2, 0.25) is 0 Å². The number of halogens is 1. The number of fused-ring (bicyclic) bond motifs is 1. The van der Waals surface area contributed by atoms with Gasteiger partial charge in [0.2, 0.25) is 9.84 Å². The molecule has 0 aliphatic carbocycles. The number of hydrazine groups is 1. The third-order valence-corrected chi connectivity index (χ3v) is 7.14. The Hall–Kier alpha value is -3.46. The lowest BCUT2D eigenvalue weighted by Crippen LogP contribution is -2.42. The molecule has 31 heavy (non-hydrogen) atoms. The lowest BCUT2D eigenvalue weighted by Gasteiger charge is -2.33. The molecule has 0 saturated heterocycles. The Morgan fingerprint density at radius 3 is 2.45 bits per heavy atom. The number of rotatable bonds is 4. The molecular weight excluding hydrogens is 417 g/mol. The van der Waals surface area contributed by atoms with Gasteiger partial charge in [0, 0.05) is 13.6 Å². The number of hydrogen-bond donors (Lipinski definition) is 0. The standard InChI is InChI=1S/C22H20FN5O2S/c1-26-15-28(27-13-5-8-19(27)16-6-3-2-4-7-16)21-20(26)22(25-14-24-21)31(29,30)18-11-9-17(23)10-12-18/h2-4,6-12,14H,5,13,15H2,1H3. The number of benzene rings is 2. The number of aromatic nitrogens is 2. The maximum atomic E-state index is 13.3. The van der Waals surface area contributed by atoms with E-state index in [2.05, 4.69) is 33.2 Å². The number of anilines is 2. The van der Waals surface area contributed by atoms with Crippen molar-refractivity contribution in [2.24, 2.45) is 0 Å². The quantitative estimate of drug-likeness (QED) is 0.458. The summed E-state index contributed by atoms with van der Waals surface area (Å²) in [6.45, 7) is 1.20. The van der Waals surface area contributed by atoms with E-state index in [9.17, 15) is 12.8 Å². The highest BCUT2D eigenvalue weighted by Crippen LogP contribution is 2.42. The molecule has 0 radical (unpaired) electrons. The highest BCUT2D eigenvalue weighted by atomic mass is 32.2. The highest BCUT2D eigenvalue weighted by molar-refractivity contribution is 7.91. The first-order chi connectivity index (χ1) is 15.0. The van der Waals surface area contributed by atoms with Gasteiger partial charge in [-0.15, -0.1) is 0 Å². The molecule has 0 atom stereocenters. The molecule has 1 aromatic heterocycles. The van der Waals surface area contributed by atoms with Crippen molar-refractivity contribution in [1.82, 2.24) is 15.0 Å². The van der Waals surface area contributed by atoms with E-state index in [0.29, 0.717) is 18.2 Å². The van der Waals surface area contributed by atoms with Gasteiger partial charge in [0.05, 0.1) is 10.6 Å². The molecule has 0 fully saturated rings. The second kappa shape index (κ2) is 7.35. The zero-order valence-electron chi connectivity index (χ0n) is 16.8. The Labute approximate surface area is 180 Å². The minimum Gasteiger partial charge on any atom is -0.350 e. The topological polar surface area (TPSA) is 69.6 Å². The summed E-state index contributed by atoms with van der Waals surface area (Å²) in [6.07, 6.45) is 4.32. The molecule has 5 rings (SSSR count). The average molecular weight is 438 g/mol. The molecule has 3 aromatic rings.